The molecule has 15 heavy (non-hydrogen) atoms. The quantitative estimate of drug-likeness (QED) is 0.733. The summed E-state index contributed by atoms with van der Waals surface area (Å²) in [6.07, 6.45) is 6.17. The van der Waals surface area contributed by atoms with Crippen LogP contribution in [0.5, 0.6) is 0 Å². The van der Waals surface area contributed by atoms with Crippen molar-refractivity contribution < 1.29 is 5.11 Å². The first-order valence-corrected chi connectivity index (χ1v) is 6.55. The minimum Gasteiger partial charge on any atom is -0.392 e. The van der Waals surface area contributed by atoms with E-state index in [-0.39, 0.29) is 6.10 Å². The van der Waals surface area contributed by atoms with Gasteiger partial charge in [-0.1, -0.05) is 33.6 Å². The highest BCUT2D eigenvalue weighted by atomic mass is 16.3. The van der Waals surface area contributed by atoms with Gasteiger partial charge in [-0.05, 0) is 25.2 Å². The minimum absolute atomic E-state index is 0.135. The Kier molecular flexibility index (Phi) is 5.62. The summed E-state index contributed by atoms with van der Waals surface area (Å²) < 4.78 is 0. The summed E-state index contributed by atoms with van der Waals surface area (Å²) >= 11 is 0. The molecule has 1 aliphatic carbocycles. The van der Waals surface area contributed by atoms with Crippen molar-refractivity contribution in [2.75, 3.05) is 13.1 Å². The van der Waals surface area contributed by atoms with Gasteiger partial charge in [0.05, 0.1) is 6.10 Å². The van der Waals surface area contributed by atoms with E-state index in [1.54, 1.807) is 0 Å². The van der Waals surface area contributed by atoms with Crippen molar-refractivity contribution in [3.8, 4) is 0 Å². The smallest absolute Gasteiger partial charge is 0.0664 e. The second-order valence-corrected chi connectivity index (χ2v) is 5.35. The van der Waals surface area contributed by atoms with Gasteiger partial charge in [-0.3, -0.25) is 4.90 Å². The third kappa shape index (κ3) is 4.52. The Bertz CT molecular complexity index is 164. The van der Waals surface area contributed by atoms with Gasteiger partial charge in [0.1, 0.15) is 0 Å². The van der Waals surface area contributed by atoms with Crippen molar-refractivity contribution >= 4 is 0 Å². The topological polar surface area (TPSA) is 23.5 Å². The number of aliphatic hydroxyl groups is 1. The lowest BCUT2D eigenvalue weighted by Crippen LogP contribution is -2.41. The van der Waals surface area contributed by atoms with Crippen LogP contribution in [-0.2, 0) is 0 Å². The van der Waals surface area contributed by atoms with Crippen LogP contribution in [-0.4, -0.2) is 35.2 Å². The van der Waals surface area contributed by atoms with Crippen molar-refractivity contribution in [2.45, 2.75) is 65.0 Å². The zero-order valence-electron chi connectivity index (χ0n) is 10.6. The average Bonchev–Trinajstić information content (AvgIpc) is 2.68. The maximum absolute atomic E-state index is 9.76. The van der Waals surface area contributed by atoms with Gasteiger partial charge in [0.25, 0.3) is 0 Å². The van der Waals surface area contributed by atoms with Gasteiger partial charge in [-0.25, -0.2) is 0 Å². The van der Waals surface area contributed by atoms with Crippen LogP contribution in [0.2, 0.25) is 0 Å². The van der Waals surface area contributed by atoms with E-state index in [0.717, 1.165) is 25.6 Å². The Morgan fingerprint density at radius 3 is 2.27 bits per heavy atom. The number of hydrogen-bond donors (Lipinski definition) is 1. The van der Waals surface area contributed by atoms with E-state index in [0.29, 0.717) is 5.92 Å². The highest BCUT2D eigenvalue weighted by Gasteiger charge is 2.24. The van der Waals surface area contributed by atoms with Crippen LogP contribution in [0, 0.1) is 5.92 Å². The van der Waals surface area contributed by atoms with E-state index in [9.17, 15) is 5.11 Å². The van der Waals surface area contributed by atoms with E-state index in [1.165, 1.54) is 25.7 Å². The molecule has 0 bridgehead atoms. The predicted octanol–water partition coefficient (Wildman–Crippen LogP) is 2.66. The molecule has 90 valence electrons. The van der Waals surface area contributed by atoms with E-state index in [1.807, 2.05) is 0 Å². The summed E-state index contributed by atoms with van der Waals surface area (Å²) in [6.45, 7) is 8.61. The molecule has 0 aliphatic heterocycles. The zero-order valence-corrected chi connectivity index (χ0v) is 10.6. The molecule has 1 unspecified atom stereocenters. The van der Waals surface area contributed by atoms with Crippen molar-refractivity contribution in [1.29, 1.82) is 0 Å². The van der Waals surface area contributed by atoms with Crippen LogP contribution < -0.4 is 0 Å². The molecule has 0 saturated heterocycles. The van der Waals surface area contributed by atoms with Crippen LogP contribution in [0.1, 0.15) is 52.9 Å². The molecule has 0 aromatic carbocycles. The van der Waals surface area contributed by atoms with Crippen LogP contribution >= 0.6 is 0 Å². The first kappa shape index (κ1) is 13.0. The summed E-state index contributed by atoms with van der Waals surface area (Å²) in [5.41, 5.74) is 0. The molecule has 0 heterocycles. The molecular weight excluding hydrogens is 186 g/mol. The molecule has 1 N–H and O–H groups in total. The van der Waals surface area contributed by atoms with Gasteiger partial charge >= 0.3 is 0 Å². The molecule has 1 fully saturated rings. The summed E-state index contributed by atoms with van der Waals surface area (Å²) in [5, 5.41) is 9.76. The molecule has 0 aromatic rings. The minimum atomic E-state index is -0.135. The van der Waals surface area contributed by atoms with Gasteiger partial charge in [0.2, 0.25) is 0 Å². The standard InChI is InChI=1S/C13H27NO/c1-4-13(15)10-14(9-11(2)3)12-7-5-6-8-12/h11-13,15H,4-10H2,1-3H3. The van der Waals surface area contributed by atoms with Gasteiger partial charge in [-0.15, -0.1) is 0 Å². The average molecular weight is 213 g/mol. The van der Waals surface area contributed by atoms with Crippen molar-refractivity contribution in [1.82, 2.24) is 4.90 Å². The van der Waals surface area contributed by atoms with Gasteiger partial charge < -0.3 is 5.11 Å². The molecule has 2 heteroatoms. The normalized spacial score (nSPS) is 20.4. The lowest BCUT2D eigenvalue weighted by Gasteiger charge is -2.31. The lowest BCUT2D eigenvalue weighted by molar-refractivity contribution is 0.0775. The first-order chi connectivity index (χ1) is 7.13. The molecule has 0 radical (unpaired) electrons. The second kappa shape index (κ2) is 6.49. The number of hydrogen-bond acceptors (Lipinski definition) is 2. The Morgan fingerprint density at radius 1 is 1.20 bits per heavy atom. The highest BCUT2D eigenvalue weighted by molar-refractivity contribution is 4.79. The van der Waals surface area contributed by atoms with Gasteiger partial charge in [0, 0.05) is 19.1 Å². The van der Waals surface area contributed by atoms with Crippen molar-refractivity contribution in [3.05, 3.63) is 0 Å². The maximum Gasteiger partial charge on any atom is 0.0664 e. The fourth-order valence-electron chi connectivity index (χ4n) is 2.51. The summed E-state index contributed by atoms with van der Waals surface area (Å²) in [6, 6.07) is 0.744. The van der Waals surface area contributed by atoms with Crippen LogP contribution in [0.3, 0.4) is 0 Å². The molecule has 2 nitrogen and oxygen atoms in total. The van der Waals surface area contributed by atoms with Crippen molar-refractivity contribution in [2.24, 2.45) is 5.92 Å². The van der Waals surface area contributed by atoms with Crippen LogP contribution in [0.15, 0.2) is 0 Å². The van der Waals surface area contributed by atoms with E-state index >= 15 is 0 Å². The Labute approximate surface area is 94.7 Å². The summed E-state index contributed by atoms with van der Waals surface area (Å²) in [7, 11) is 0. The van der Waals surface area contributed by atoms with Gasteiger partial charge in [0.15, 0.2) is 0 Å². The third-order valence-electron chi connectivity index (χ3n) is 3.36. The fraction of sp³-hybridized carbons (Fsp3) is 1.00. The number of nitrogens with zero attached hydrogens (tertiary/aromatic N) is 1. The Morgan fingerprint density at radius 2 is 1.80 bits per heavy atom. The van der Waals surface area contributed by atoms with Gasteiger partial charge in [-0.2, -0.15) is 0 Å². The molecule has 1 atom stereocenters. The monoisotopic (exact) mass is 213 g/mol. The fourth-order valence-corrected chi connectivity index (χ4v) is 2.51. The van der Waals surface area contributed by atoms with E-state index in [2.05, 4.69) is 25.7 Å². The second-order valence-electron chi connectivity index (χ2n) is 5.35. The molecule has 1 aliphatic rings. The molecular formula is C13H27NO. The van der Waals surface area contributed by atoms with E-state index in [4.69, 9.17) is 0 Å². The molecule has 0 spiro atoms. The zero-order chi connectivity index (χ0) is 11.3. The maximum atomic E-state index is 9.76. The van der Waals surface area contributed by atoms with Crippen LogP contribution in [0.4, 0.5) is 0 Å². The third-order valence-corrected chi connectivity index (χ3v) is 3.36. The van der Waals surface area contributed by atoms with Crippen LogP contribution in [0.25, 0.3) is 0 Å². The number of aliphatic hydroxyl groups excluding tert-OH is 1. The highest BCUT2D eigenvalue weighted by Crippen LogP contribution is 2.24. The summed E-state index contributed by atoms with van der Waals surface area (Å²) in [4.78, 5) is 2.52. The lowest BCUT2D eigenvalue weighted by atomic mass is 10.1. The largest absolute Gasteiger partial charge is 0.392 e. The predicted molar refractivity (Wildman–Crippen MR) is 65.0 cm³/mol. The SMILES string of the molecule is CCC(O)CN(CC(C)C)C1CCCC1. The molecule has 1 rings (SSSR count). The Balaban J connectivity index is 2.43. The Hall–Kier alpha value is -0.0800. The van der Waals surface area contributed by atoms with E-state index < -0.39 is 0 Å². The molecule has 0 aromatic heterocycles. The van der Waals surface area contributed by atoms with Crippen molar-refractivity contribution in [3.63, 3.8) is 0 Å². The molecule has 0 amide bonds. The summed E-state index contributed by atoms with van der Waals surface area (Å²) in [5.74, 6) is 0.703. The molecule has 1 saturated carbocycles. The first-order valence-electron chi connectivity index (χ1n) is 6.55. The number of rotatable bonds is 6.